The van der Waals surface area contributed by atoms with E-state index >= 15 is 0 Å². The fourth-order valence-corrected chi connectivity index (χ4v) is 6.39. The fourth-order valence-electron chi connectivity index (χ4n) is 6.39. The average molecular weight is 685 g/mol. The van der Waals surface area contributed by atoms with Crippen LogP contribution in [0.2, 0.25) is 0 Å². The molecule has 0 saturated heterocycles. The molecule has 256 valence electrons. The number of rotatable bonds is 8. The van der Waals surface area contributed by atoms with Crippen molar-refractivity contribution in [3.8, 4) is 0 Å². The van der Waals surface area contributed by atoms with Crippen molar-refractivity contribution in [2.24, 2.45) is 0 Å². The summed E-state index contributed by atoms with van der Waals surface area (Å²) in [5, 5.41) is 1.11. The van der Waals surface area contributed by atoms with E-state index in [0.29, 0.717) is 34.9 Å². The van der Waals surface area contributed by atoms with Gasteiger partial charge < -0.3 is 0 Å². The van der Waals surface area contributed by atoms with Crippen molar-refractivity contribution in [3.63, 3.8) is 0 Å². The van der Waals surface area contributed by atoms with Gasteiger partial charge in [0.1, 0.15) is 0 Å². The molecule has 2 heterocycles. The van der Waals surface area contributed by atoms with Gasteiger partial charge in [-0.2, -0.15) is 0 Å². The van der Waals surface area contributed by atoms with Crippen LogP contribution in [0.4, 0.5) is 0 Å². The molecule has 0 spiro atoms. The number of fused-ring (bicyclic) bond motifs is 2. The molecule has 0 aliphatic heterocycles. The normalized spacial score (nSPS) is 10.9. The van der Waals surface area contributed by atoms with E-state index in [-0.39, 0.29) is 35.6 Å². The second-order valence-electron chi connectivity index (χ2n) is 12.5. The molecule has 0 fully saturated rings. The molecule has 0 saturated carbocycles. The summed E-state index contributed by atoms with van der Waals surface area (Å²) < 4.78 is 5.99. The van der Waals surface area contributed by atoms with Crippen LogP contribution in [0.25, 0.3) is 21.8 Å². The van der Waals surface area contributed by atoms with Gasteiger partial charge in [-0.3, -0.25) is 27.9 Å². The molecular weight excluding hydrogens is 649 g/mol. The van der Waals surface area contributed by atoms with E-state index in [9.17, 15) is 19.2 Å². The van der Waals surface area contributed by atoms with Crippen molar-refractivity contribution in [2.75, 3.05) is 0 Å². The molecule has 8 rings (SSSR count). The summed E-state index contributed by atoms with van der Waals surface area (Å²) >= 11 is 0. The second kappa shape index (κ2) is 15.4. The lowest BCUT2D eigenvalue weighted by atomic mass is 10.2. The Kier molecular flexibility index (Phi) is 9.97. The fraction of sp³-hybridized carbons (Fsp3) is 0.0909. The molecule has 0 unspecified atom stereocenters. The number of hydrogen-bond acceptors (Lipinski definition) is 4. The van der Waals surface area contributed by atoms with Crippen molar-refractivity contribution in [2.45, 2.75) is 26.2 Å². The summed E-state index contributed by atoms with van der Waals surface area (Å²) in [6, 6.07) is 53.3. The molecule has 0 radical (unpaired) electrons. The highest BCUT2D eigenvalue weighted by Gasteiger charge is 2.15. The van der Waals surface area contributed by atoms with Gasteiger partial charge in [-0.1, -0.05) is 146 Å². The van der Waals surface area contributed by atoms with Crippen LogP contribution in [0.15, 0.2) is 189 Å². The van der Waals surface area contributed by atoms with Gasteiger partial charge in [0.2, 0.25) is 0 Å². The molecule has 0 aliphatic carbocycles. The molecule has 0 amide bonds. The Balaban J connectivity index is 0.000000162. The smallest absolute Gasteiger partial charge is 0.289 e. The van der Waals surface area contributed by atoms with E-state index in [2.05, 4.69) is 0 Å². The molecule has 0 bridgehead atoms. The first-order valence-electron chi connectivity index (χ1n) is 17.1. The third kappa shape index (κ3) is 7.22. The van der Waals surface area contributed by atoms with Crippen molar-refractivity contribution in [1.29, 1.82) is 0 Å². The molecular formula is C44H36N4O4. The quantitative estimate of drug-likeness (QED) is 0.182. The van der Waals surface area contributed by atoms with Crippen molar-refractivity contribution in [1.82, 2.24) is 18.3 Å². The zero-order chi connectivity index (χ0) is 35.9. The van der Waals surface area contributed by atoms with E-state index in [1.807, 2.05) is 158 Å². The number of aromatic nitrogens is 4. The standard InChI is InChI=1S/2C22H18N2O2/c2*25-21-19-13-7-8-14-20(19)23(15-17-9-3-1-4-10-17)22(26)24(21)16-18-11-5-2-6-12-18/h2*1-14H,15-16H2. The molecule has 8 aromatic rings. The largest absolute Gasteiger partial charge is 0.332 e. The third-order valence-corrected chi connectivity index (χ3v) is 9.00. The summed E-state index contributed by atoms with van der Waals surface area (Å²) in [6.07, 6.45) is 0. The highest BCUT2D eigenvalue weighted by Crippen LogP contribution is 2.13. The molecule has 2 aromatic heterocycles. The molecule has 8 heteroatoms. The first kappa shape index (κ1) is 33.7. The van der Waals surface area contributed by atoms with Crippen LogP contribution in [-0.4, -0.2) is 18.3 Å². The Morgan fingerprint density at radius 1 is 0.288 bits per heavy atom. The van der Waals surface area contributed by atoms with Crippen LogP contribution in [0.3, 0.4) is 0 Å². The zero-order valence-electron chi connectivity index (χ0n) is 28.4. The molecule has 8 nitrogen and oxygen atoms in total. The highest BCUT2D eigenvalue weighted by molar-refractivity contribution is 5.78. The number of benzene rings is 6. The topological polar surface area (TPSA) is 88.0 Å². The van der Waals surface area contributed by atoms with Crippen molar-refractivity contribution in [3.05, 3.63) is 234 Å². The predicted molar refractivity (Wildman–Crippen MR) is 207 cm³/mol. The Bertz CT molecular complexity index is 2510. The molecule has 0 aliphatic rings. The maximum atomic E-state index is 13.1. The van der Waals surface area contributed by atoms with Gasteiger partial charge in [-0.15, -0.1) is 0 Å². The zero-order valence-corrected chi connectivity index (χ0v) is 28.4. The van der Waals surface area contributed by atoms with Gasteiger partial charge in [-0.05, 0) is 46.5 Å². The second-order valence-corrected chi connectivity index (χ2v) is 12.5. The average Bonchev–Trinajstić information content (AvgIpc) is 3.20. The van der Waals surface area contributed by atoms with Crippen LogP contribution < -0.4 is 22.5 Å². The minimum absolute atomic E-state index is 0.251. The Morgan fingerprint density at radius 2 is 0.538 bits per heavy atom. The molecule has 52 heavy (non-hydrogen) atoms. The monoisotopic (exact) mass is 684 g/mol. The van der Waals surface area contributed by atoms with E-state index in [0.717, 1.165) is 22.3 Å². The van der Waals surface area contributed by atoms with Crippen LogP contribution in [0, 0.1) is 0 Å². The van der Waals surface area contributed by atoms with Crippen LogP contribution in [-0.2, 0) is 26.2 Å². The van der Waals surface area contributed by atoms with Gasteiger partial charge in [0.05, 0.1) is 48.0 Å². The number of hydrogen-bond donors (Lipinski definition) is 0. The minimum Gasteiger partial charge on any atom is -0.289 e. The first-order chi connectivity index (χ1) is 25.5. The van der Waals surface area contributed by atoms with Crippen LogP contribution in [0.5, 0.6) is 0 Å². The van der Waals surface area contributed by atoms with Gasteiger partial charge in [-0.25, -0.2) is 9.59 Å². The molecule has 6 aromatic carbocycles. The van der Waals surface area contributed by atoms with Gasteiger partial charge in [0.15, 0.2) is 0 Å². The van der Waals surface area contributed by atoms with Crippen LogP contribution >= 0.6 is 0 Å². The Hall–Kier alpha value is -6.80. The van der Waals surface area contributed by atoms with E-state index < -0.39 is 0 Å². The van der Waals surface area contributed by atoms with E-state index in [4.69, 9.17) is 0 Å². The summed E-state index contributed by atoms with van der Waals surface area (Å²) in [6.45, 7) is 1.38. The number of para-hydroxylation sites is 2. The minimum atomic E-state index is -0.290. The summed E-state index contributed by atoms with van der Waals surface area (Å²) in [4.78, 5) is 52.1. The van der Waals surface area contributed by atoms with Crippen molar-refractivity contribution >= 4 is 21.8 Å². The SMILES string of the molecule is O=c1c2ccccc2n(Cc2ccccc2)c(=O)n1Cc1ccccc1.O=c1c2ccccc2n(Cc2ccccc2)c(=O)n1Cc1ccccc1. The highest BCUT2D eigenvalue weighted by atomic mass is 16.2. The van der Waals surface area contributed by atoms with Gasteiger partial charge in [0.25, 0.3) is 11.1 Å². The van der Waals surface area contributed by atoms with E-state index in [1.54, 1.807) is 21.3 Å². The van der Waals surface area contributed by atoms with Crippen molar-refractivity contribution < 1.29 is 0 Å². The third-order valence-electron chi connectivity index (χ3n) is 9.00. The maximum Gasteiger partial charge on any atom is 0.332 e. The lowest BCUT2D eigenvalue weighted by Gasteiger charge is -2.14. The Morgan fingerprint density at radius 3 is 0.846 bits per heavy atom. The molecule has 0 N–H and O–H groups in total. The number of nitrogens with zero attached hydrogens (tertiary/aromatic N) is 4. The molecule has 0 atom stereocenters. The van der Waals surface area contributed by atoms with E-state index in [1.165, 1.54) is 9.13 Å². The van der Waals surface area contributed by atoms with Gasteiger partial charge >= 0.3 is 11.4 Å². The summed E-state index contributed by atoms with van der Waals surface area (Å²) in [5.41, 5.74) is 4.13. The lowest BCUT2D eigenvalue weighted by Crippen LogP contribution is -2.40. The predicted octanol–water partition coefficient (Wildman–Crippen LogP) is 6.52. The van der Waals surface area contributed by atoms with Gasteiger partial charge in [0, 0.05) is 0 Å². The summed E-state index contributed by atoms with van der Waals surface area (Å²) in [7, 11) is 0. The van der Waals surface area contributed by atoms with Crippen LogP contribution in [0.1, 0.15) is 22.3 Å². The first-order valence-corrected chi connectivity index (χ1v) is 17.1. The lowest BCUT2D eigenvalue weighted by molar-refractivity contribution is 0.635. The maximum absolute atomic E-state index is 13.1. The Labute approximate surface area is 299 Å². The summed E-state index contributed by atoms with van der Waals surface area (Å²) in [5.74, 6) is 0.